The van der Waals surface area contributed by atoms with Gasteiger partial charge >= 0.3 is 0 Å². The predicted molar refractivity (Wildman–Crippen MR) is 257 cm³/mol. The van der Waals surface area contributed by atoms with Gasteiger partial charge in [0.25, 0.3) is 0 Å². The molecule has 62 heavy (non-hydrogen) atoms. The number of para-hydroxylation sites is 3. The number of nitrogens with zero attached hydrogens (tertiary/aromatic N) is 1. The molecule has 4 nitrogen and oxygen atoms in total. The molecule has 13 rings (SSSR count). The molecular formula is C58H37NO3. The van der Waals surface area contributed by atoms with Gasteiger partial charge in [-0.1, -0.05) is 133 Å². The second-order valence-electron chi connectivity index (χ2n) is 16.4. The molecule has 0 aliphatic heterocycles. The van der Waals surface area contributed by atoms with Gasteiger partial charge < -0.3 is 18.2 Å². The van der Waals surface area contributed by atoms with Gasteiger partial charge in [-0.2, -0.15) is 0 Å². The van der Waals surface area contributed by atoms with Crippen LogP contribution >= 0.6 is 0 Å². The molecule has 292 valence electrons. The van der Waals surface area contributed by atoms with Crippen LogP contribution in [0.5, 0.6) is 0 Å². The minimum Gasteiger partial charge on any atom is -0.456 e. The Hall–Kier alpha value is -8.08. The molecule has 0 amide bonds. The van der Waals surface area contributed by atoms with E-state index in [0.29, 0.717) is 0 Å². The van der Waals surface area contributed by atoms with Crippen LogP contribution in [0.25, 0.3) is 104 Å². The quantitative estimate of drug-likeness (QED) is 0.168. The van der Waals surface area contributed by atoms with Crippen LogP contribution in [-0.2, 0) is 0 Å². The molecule has 0 saturated heterocycles. The highest BCUT2D eigenvalue weighted by molar-refractivity contribution is 6.16. The lowest BCUT2D eigenvalue weighted by Crippen LogP contribution is -2.30. The minimum absolute atomic E-state index is 0.0581. The Kier molecular flexibility index (Phi) is 7.70. The van der Waals surface area contributed by atoms with E-state index in [1.807, 2.05) is 24.3 Å². The molecule has 0 spiro atoms. The van der Waals surface area contributed by atoms with Crippen LogP contribution in [0, 0.1) is 0 Å². The van der Waals surface area contributed by atoms with Crippen LogP contribution in [0.15, 0.2) is 220 Å². The summed E-state index contributed by atoms with van der Waals surface area (Å²) in [5, 5.41) is 9.09. The Morgan fingerprint density at radius 1 is 0.403 bits per heavy atom. The van der Waals surface area contributed by atoms with Gasteiger partial charge in [-0.3, -0.25) is 0 Å². The molecule has 0 N–H and O–H groups in total. The van der Waals surface area contributed by atoms with Gasteiger partial charge in [-0.25, -0.2) is 0 Å². The van der Waals surface area contributed by atoms with Gasteiger partial charge in [-0.05, 0) is 112 Å². The fourth-order valence-corrected chi connectivity index (χ4v) is 9.75. The molecule has 3 heterocycles. The largest absolute Gasteiger partial charge is 0.456 e. The number of furan rings is 3. The van der Waals surface area contributed by atoms with Crippen molar-refractivity contribution in [1.29, 1.82) is 0 Å². The molecule has 1 aliphatic rings. The fraction of sp³-hybridized carbons (Fsp3) is 0.0345. The summed E-state index contributed by atoms with van der Waals surface area (Å²) in [5.41, 5.74) is 14.7. The first kappa shape index (κ1) is 34.8. The summed E-state index contributed by atoms with van der Waals surface area (Å²) in [7, 11) is 0. The maximum atomic E-state index is 6.54. The van der Waals surface area contributed by atoms with Crippen molar-refractivity contribution >= 4 is 93.5 Å². The summed E-state index contributed by atoms with van der Waals surface area (Å²) in [6, 6.07) is 67.0. The third-order valence-corrected chi connectivity index (χ3v) is 12.8. The highest BCUT2D eigenvalue weighted by Gasteiger charge is 2.24. The zero-order chi connectivity index (χ0) is 40.7. The molecule has 0 radical (unpaired) electrons. The number of benzene rings is 9. The molecule has 3 aromatic heterocycles. The summed E-state index contributed by atoms with van der Waals surface area (Å²) >= 11 is 0. The Balaban J connectivity index is 0.912. The van der Waals surface area contributed by atoms with E-state index in [9.17, 15) is 0 Å². The standard InChI is InChI=1S/C58H37NO3/c1-2-11-45-38(9-1)21-29-48-51-35-41(24-32-57(51)62-58(45)48)44-10-3-6-14-52(44)59(42-25-17-36(18-26-42)39-22-30-55-49(33-39)46-12-4-7-15-53(46)60-55)43-27-19-37(20-28-43)40-23-31-56-50(34-40)47-13-5-8-16-54(47)61-56/h1-27,29-35,43H,28H2/t43-/m0/s1. The molecule has 0 fully saturated rings. The molecule has 0 saturated carbocycles. The summed E-state index contributed by atoms with van der Waals surface area (Å²) in [4.78, 5) is 2.51. The third-order valence-electron chi connectivity index (χ3n) is 12.8. The van der Waals surface area contributed by atoms with Crippen molar-refractivity contribution in [2.45, 2.75) is 12.5 Å². The lowest BCUT2D eigenvalue weighted by Gasteiger charge is -2.35. The first-order valence-corrected chi connectivity index (χ1v) is 21.2. The number of anilines is 2. The van der Waals surface area contributed by atoms with Crippen molar-refractivity contribution in [3.8, 4) is 22.3 Å². The molecule has 4 heteroatoms. The average molecular weight is 796 g/mol. The SMILES string of the molecule is C1=C[C@H](N(c2ccc(-c3ccc4oc5ccccc5c4c3)cc2)c2ccccc2-c2ccc3oc4c5ccccc5ccc4c3c2)CC=C1c1ccc2oc3ccccc3c2c1. The maximum Gasteiger partial charge on any atom is 0.143 e. The Morgan fingerprint density at radius 2 is 0.968 bits per heavy atom. The summed E-state index contributed by atoms with van der Waals surface area (Å²) in [6.07, 6.45) is 7.87. The smallest absolute Gasteiger partial charge is 0.143 e. The maximum absolute atomic E-state index is 6.54. The highest BCUT2D eigenvalue weighted by Crippen LogP contribution is 2.43. The topological polar surface area (TPSA) is 42.7 Å². The van der Waals surface area contributed by atoms with Crippen molar-refractivity contribution in [3.63, 3.8) is 0 Å². The molecule has 9 aromatic carbocycles. The van der Waals surface area contributed by atoms with E-state index in [4.69, 9.17) is 13.3 Å². The minimum atomic E-state index is 0.0581. The Morgan fingerprint density at radius 3 is 1.71 bits per heavy atom. The fourth-order valence-electron chi connectivity index (χ4n) is 9.75. The second-order valence-corrected chi connectivity index (χ2v) is 16.4. The van der Waals surface area contributed by atoms with E-state index in [-0.39, 0.29) is 6.04 Å². The van der Waals surface area contributed by atoms with Crippen LogP contribution in [-0.4, -0.2) is 6.04 Å². The van der Waals surface area contributed by atoms with Gasteiger partial charge in [0.1, 0.15) is 33.5 Å². The van der Waals surface area contributed by atoms with E-state index >= 15 is 0 Å². The molecular weight excluding hydrogens is 759 g/mol. The van der Waals surface area contributed by atoms with E-state index in [1.165, 1.54) is 16.5 Å². The van der Waals surface area contributed by atoms with Crippen LogP contribution in [0.1, 0.15) is 12.0 Å². The normalized spacial score (nSPS) is 14.3. The van der Waals surface area contributed by atoms with E-state index in [0.717, 1.165) is 111 Å². The van der Waals surface area contributed by atoms with E-state index < -0.39 is 0 Å². The van der Waals surface area contributed by atoms with Gasteiger partial charge in [0.05, 0.1) is 6.04 Å². The molecule has 12 aromatic rings. The summed E-state index contributed by atoms with van der Waals surface area (Å²) in [6.45, 7) is 0. The van der Waals surface area contributed by atoms with Crippen molar-refractivity contribution in [2.24, 2.45) is 0 Å². The van der Waals surface area contributed by atoms with Crippen LogP contribution in [0.3, 0.4) is 0 Å². The number of allylic oxidation sites excluding steroid dienone is 2. The highest BCUT2D eigenvalue weighted by atomic mass is 16.3. The van der Waals surface area contributed by atoms with Gasteiger partial charge in [0.15, 0.2) is 0 Å². The average Bonchev–Trinajstić information content (AvgIpc) is 4.03. The van der Waals surface area contributed by atoms with Crippen LogP contribution in [0.2, 0.25) is 0 Å². The monoisotopic (exact) mass is 795 g/mol. The first-order chi connectivity index (χ1) is 30.7. The summed E-state index contributed by atoms with van der Waals surface area (Å²) < 4.78 is 18.9. The van der Waals surface area contributed by atoms with E-state index in [1.54, 1.807) is 0 Å². The van der Waals surface area contributed by atoms with Crippen LogP contribution < -0.4 is 4.90 Å². The number of hydrogen-bond acceptors (Lipinski definition) is 4. The van der Waals surface area contributed by atoms with Crippen molar-refractivity contribution in [3.05, 3.63) is 212 Å². The first-order valence-electron chi connectivity index (χ1n) is 21.2. The van der Waals surface area contributed by atoms with Crippen LogP contribution in [0.4, 0.5) is 11.4 Å². The third kappa shape index (κ3) is 5.54. The Labute approximate surface area is 356 Å². The molecule has 1 atom stereocenters. The summed E-state index contributed by atoms with van der Waals surface area (Å²) in [5.74, 6) is 0. The predicted octanol–water partition coefficient (Wildman–Crippen LogP) is 16.4. The van der Waals surface area contributed by atoms with Gasteiger partial charge in [0, 0.05) is 54.6 Å². The van der Waals surface area contributed by atoms with Gasteiger partial charge in [-0.15, -0.1) is 0 Å². The molecule has 1 aliphatic carbocycles. The number of hydrogen-bond donors (Lipinski definition) is 0. The molecule has 0 unspecified atom stereocenters. The zero-order valence-corrected chi connectivity index (χ0v) is 33.6. The molecule has 0 bridgehead atoms. The van der Waals surface area contributed by atoms with Crippen molar-refractivity contribution in [2.75, 3.05) is 4.90 Å². The Bertz CT molecular complexity index is 3800. The number of fused-ring (bicyclic) bond motifs is 11. The second kappa shape index (κ2) is 13.7. The zero-order valence-electron chi connectivity index (χ0n) is 33.6. The number of rotatable bonds is 6. The van der Waals surface area contributed by atoms with Crippen molar-refractivity contribution < 1.29 is 13.3 Å². The van der Waals surface area contributed by atoms with Gasteiger partial charge in [0.2, 0.25) is 0 Å². The lowest BCUT2D eigenvalue weighted by molar-refractivity contribution is 0.668. The lowest BCUT2D eigenvalue weighted by atomic mass is 9.93. The van der Waals surface area contributed by atoms with Crippen molar-refractivity contribution in [1.82, 2.24) is 0 Å². The van der Waals surface area contributed by atoms with E-state index in [2.05, 4.69) is 187 Å².